The molecule has 11 nitrogen and oxygen atoms in total. The third kappa shape index (κ3) is 5.63. The van der Waals surface area contributed by atoms with Crippen LogP contribution < -0.4 is 16.6 Å². The molecule has 4 N–H and O–H groups in total. The Kier molecular flexibility index (Phi) is 6.78. The molecule has 0 atom stereocenters. The Bertz CT molecular complexity index is 1870. The van der Waals surface area contributed by atoms with Crippen LogP contribution in [0, 0.1) is 6.92 Å². The summed E-state index contributed by atoms with van der Waals surface area (Å²) in [5.74, 6) is -1.01. The zero-order valence-electron chi connectivity index (χ0n) is 20.1. The van der Waals surface area contributed by atoms with Crippen LogP contribution in [-0.2, 0) is 27.9 Å². The van der Waals surface area contributed by atoms with E-state index in [9.17, 15) is 22.8 Å². The molecule has 0 bridgehead atoms. The number of amides is 1. The van der Waals surface area contributed by atoms with Crippen molar-refractivity contribution in [1.29, 1.82) is 0 Å². The Morgan fingerprint density at radius 2 is 1.79 bits per heavy atom. The maximum Gasteiger partial charge on any atom is 0.340 e. The number of aromatic amines is 3. The summed E-state index contributed by atoms with van der Waals surface area (Å²) in [6.07, 6.45) is 0. The van der Waals surface area contributed by atoms with Gasteiger partial charge in [0.05, 0.1) is 11.1 Å². The predicted octanol–water partition coefficient (Wildman–Crippen LogP) is 2.42. The van der Waals surface area contributed by atoms with Crippen LogP contribution in [0.5, 0.6) is 0 Å². The maximum atomic E-state index is 12.6. The number of aryl methyl sites for hydroxylation is 1. The summed E-state index contributed by atoms with van der Waals surface area (Å²) in [6.45, 7) is 2.05. The lowest BCUT2D eigenvalue weighted by Gasteiger charge is -2.09. The normalized spacial score (nSPS) is 11.6. The van der Waals surface area contributed by atoms with Gasteiger partial charge in [0.2, 0.25) is 5.82 Å². The van der Waals surface area contributed by atoms with E-state index in [4.69, 9.17) is 0 Å². The molecule has 3 heterocycles. The number of thiophene rings is 1. The first-order valence-electron chi connectivity index (χ1n) is 11.5. The van der Waals surface area contributed by atoms with Crippen LogP contribution in [0.3, 0.4) is 0 Å². The van der Waals surface area contributed by atoms with Gasteiger partial charge in [0.1, 0.15) is 16.4 Å². The second kappa shape index (κ2) is 10.2. The van der Waals surface area contributed by atoms with Gasteiger partial charge in [-0.1, -0.05) is 42.5 Å². The van der Waals surface area contributed by atoms with E-state index >= 15 is 0 Å². The molecule has 2 aromatic carbocycles. The Morgan fingerprint density at radius 1 is 1.00 bits per heavy atom. The molecule has 0 saturated carbocycles. The minimum absolute atomic E-state index is 0.0373. The summed E-state index contributed by atoms with van der Waals surface area (Å²) < 4.78 is 24.9. The van der Waals surface area contributed by atoms with E-state index in [1.807, 2.05) is 48.7 Å². The van der Waals surface area contributed by atoms with Gasteiger partial charge in [-0.15, -0.1) is 11.3 Å². The molecule has 0 fully saturated rings. The molecule has 0 radical (unpaired) electrons. The van der Waals surface area contributed by atoms with Crippen LogP contribution >= 0.6 is 11.3 Å². The lowest BCUT2D eigenvalue weighted by molar-refractivity contribution is 0.0940. The number of nitrogens with one attached hydrogen (secondary N) is 4. The molecule has 3 aromatic heterocycles. The van der Waals surface area contributed by atoms with Crippen molar-refractivity contribution in [2.24, 2.45) is 0 Å². The van der Waals surface area contributed by atoms with Gasteiger partial charge in [-0.25, -0.2) is 23.3 Å². The highest BCUT2D eigenvalue weighted by Gasteiger charge is 2.16. The van der Waals surface area contributed by atoms with E-state index in [1.54, 1.807) is 12.1 Å². The third-order valence-corrected chi connectivity index (χ3v) is 8.28. The van der Waals surface area contributed by atoms with E-state index in [-0.39, 0.29) is 35.3 Å². The molecular formula is C25H22N6O5S2. The van der Waals surface area contributed by atoms with E-state index in [2.05, 4.69) is 30.5 Å². The highest BCUT2D eigenvalue weighted by atomic mass is 32.2. The second-order valence-corrected chi connectivity index (χ2v) is 11.7. The van der Waals surface area contributed by atoms with Crippen molar-refractivity contribution >= 4 is 37.3 Å². The number of hydrogen-bond acceptors (Lipinski definition) is 8. The quantitative estimate of drug-likeness (QED) is 0.230. The highest BCUT2D eigenvalue weighted by molar-refractivity contribution is 7.89. The summed E-state index contributed by atoms with van der Waals surface area (Å²) in [5, 5.41) is 10.9. The SMILES string of the molecule is Cc1csc2nc(C(=O)NCc3cccc(-c4ccc(CS(=O)(=O)Cc5n[nH]c(=O)[nH]5)cc4)c3)[nH]c(=O)c12. The zero-order valence-corrected chi connectivity index (χ0v) is 21.7. The summed E-state index contributed by atoms with van der Waals surface area (Å²) in [5.41, 5.74) is 3.14. The maximum absolute atomic E-state index is 12.6. The van der Waals surface area contributed by atoms with Gasteiger partial charge in [-0.3, -0.25) is 14.6 Å². The number of carbonyl (C=O) groups is 1. The van der Waals surface area contributed by atoms with Crippen LogP contribution in [-0.4, -0.2) is 39.5 Å². The molecule has 0 aliphatic rings. The molecule has 0 aliphatic heterocycles. The predicted molar refractivity (Wildman–Crippen MR) is 144 cm³/mol. The molecule has 5 rings (SSSR count). The summed E-state index contributed by atoms with van der Waals surface area (Å²) in [4.78, 5) is 45.8. The Labute approximate surface area is 219 Å². The fourth-order valence-corrected chi connectivity index (χ4v) is 6.28. The average molecular weight is 551 g/mol. The van der Waals surface area contributed by atoms with Crippen molar-refractivity contribution in [3.63, 3.8) is 0 Å². The van der Waals surface area contributed by atoms with E-state index in [0.717, 1.165) is 22.3 Å². The van der Waals surface area contributed by atoms with Gasteiger partial charge in [-0.05, 0) is 46.2 Å². The van der Waals surface area contributed by atoms with E-state index in [1.165, 1.54) is 11.3 Å². The molecule has 38 heavy (non-hydrogen) atoms. The molecule has 0 spiro atoms. The Morgan fingerprint density at radius 3 is 2.53 bits per heavy atom. The monoisotopic (exact) mass is 550 g/mol. The summed E-state index contributed by atoms with van der Waals surface area (Å²) in [7, 11) is -3.53. The number of sulfone groups is 1. The number of rotatable bonds is 8. The van der Waals surface area contributed by atoms with Gasteiger partial charge in [-0.2, -0.15) is 5.10 Å². The third-order valence-electron chi connectivity index (χ3n) is 5.80. The molecule has 0 unspecified atom stereocenters. The van der Waals surface area contributed by atoms with Gasteiger partial charge in [0.25, 0.3) is 11.5 Å². The molecular weight excluding hydrogens is 528 g/mol. The fraction of sp³-hybridized carbons (Fsp3) is 0.160. The van der Waals surface area contributed by atoms with Gasteiger partial charge in [0.15, 0.2) is 9.84 Å². The minimum atomic E-state index is -3.53. The number of carbonyl (C=O) groups excluding carboxylic acids is 1. The largest absolute Gasteiger partial charge is 0.345 e. The molecule has 0 saturated heterocycles. The van der Waals surface area contributed by atoms with Crippen LogP contribution in [0.2, 0.25) is 0 Å². The standard InChI is InChI=1S/C25H22N6O5S2/c1-14-11-37-24-20(14)22(32)28-21(29-24)23(33)26-10-16-3-2-4-18(9-16)17-7-5-15(6-8-17)12-38(35,36)13-19-27-25(34)31-30-19/h2-9,11H,10,12-13H2,1H3,(H,26,33)(H,28,29,32)(H2,27,30,31,34). The van der Waals surface area contributed by atoms with Crippen LogP contribution in [0.25, 0.3) is 21.3 Å². The number of aromatic nitrogens is 5. The first kappa shape index (κ1) is 25.3. The number of H-pyrrole nitrogens is 3. The Balaban J connectivity index is 1.24. The van der Waals surface area contributed by atoms with Crippen LogP contribution in [0.15, 0.2) is 63.5 Å². The zero-order chi connectivity index (χ0) is 26.9. The number of fused-ring (bicyclic) bond motifs is 1. The first-order chi connectivity index (χ1) is 18.2. The van der Waals surface area contributed by atoms with Crippen LogP contribution in [0.4, 0.5) is 0 Å². The Hall–Kier alpha value is -4.36. The van der Waals surface area contributed by atoms with Crippen LogP contribution in [0.1, 0.15) is 33.1 Å². The highest BCUT2D eigenvalue weighted by Crippen LogP contribution is 2.23. The lowest BCUT2D eigenvalue weighted by Crippen LogP contribution is -2.27. The first-order valence-corrected chi connectivity index (χ1v) is 14.2. The van der Waals surface area contributed by atoms with Crippen molar-refractivity contribution in [2.45, 2.75) is 25.0 Å². The summed E-state index contributed by atoms with van der Waals surface area (Å²) in [6, 6.07) is 14.7. The molecule has 1 amide bonds. The fourth-order valence-electron chi connectivity index (χ4n) is 4.00. The number of nitrogens with zero attached hydrogens (tertiary/aromatic N) is 2. The number of hydrogen-bond donors (Lipinski definition) is 4. The number of benzene rings is 2. The lowest BCUT2D eigenvalue weighted by atomic mass is 10.0. The second-order valence-electron chi connectivity index (χ2n) is 8.75. The minimum Gasteiger partial charge on any atom is -0.345 e. The molecule has 5 aromatic rings. The summed E-state index contributed by atoms with van der Waals surface area (Å²) >= 11 is 1.32. The smallest absolute Gasteiger partial charge is 0.340 e. The van der Waals surface area contributed by atoms with Crippen molar-refractivity contribution in [3.05, 3.63) is 103 Å². The van der Waals surface area contributed by atoms with Crippen molar-refractivity contribution in [2.75, 3.05) is 0 Å². The van der Waals surface area contributed by atoms with Gasteiger partial charge in [0, 0.05) is 6.54 Å². The van der Waals surface area contributed by atoms with E-state index < -0.39 is 21.4 Å². The molecule has 0 aliphatic carbocycles. The van der Waals surface area contributed by atoms with Gasteiger partial charge < -0.3 is 10.3 Å². The van der Waals surface area contributed by atoms with E-state index in [0.29, 0.717) is 15.8 Å². The van der Waals surface area contributed by atoms with Gasteiger partial charge >= 0.3 is 5.69 Å². The molecule has 194 valence electrons. The molecule has 13 heteroatoms. The average Bonchev–Trinajstić information content (AvgIpc) is 3.47. The van der Waals surface area contributed by atoms with Crippen molar-refractivity contribution in [1.82, 2.24) is 30.5 Å². The van der Waals surface area contributed by atoms with Crippen molar-refractivity contribution in [3.8, 4) is 11.1 Å². The van der Waals surface area contributed by atoms with Crippen molar-refractivity contribution < 1.29 is 13.2 Å². The topological polar surface area (TPSA) is 171 Å².